The van der Waals surface area contributed by atoms with E-state index in [-0.39, 0.29) is 5.91 Å². The minimum atomic E-state index is -0.719. The number of primary amides is 1. The maximum absolute atomic E-state index is 13.0. The maximum atomic E-state index is 13.0. The summed E-state index contributed by atoms with van der Waals surface area (Å²) < 4.78 is 0. The fraction of sp³-hybridized carbons (Fsp3) is 0.143. The van der Waals surface area contributed by atoms with Gasteiger partial charge in [-0.3, -0.25) is 9.59 Å². The van der Waals surface area contributed by atoms with Crippen LogP contribution in [0.3, 0.4) is 0 Å². The number of carbonyl (C=O) groups excluding carboxylic acids is 2. The van der Waals surface area contributed by atoms with Crippen molar-refractivity contribution in [3.63, 3.8) is 0 Å². The largest absolute Gasteiger partial charge is 0.368 e. The fourth-order valence-electron chi connectivity index (χ4n) is 3.06. The van der Waals surface area contributed by atoms with E-state index in [9.17, 15) is 9.59 Å². The van der Waals surface area contributed by atoms with Crippen LogP contribution in [0.15, 0.2) is 67.3 Å². The number of nitrogens with two attached hydrogens (primary N) is 1. The molecule has 0 unspecified atom stereocenters. The number of allylic oxidation sites excluding steroid dienone is 1. The maximum Gasteiger partial charge on any atom is 0.253 e. The molecule has 25 heavy (non-hydrogen) atoms. The molecule has 0 aromatic heterocycles. The number of benzene rings is 3. The van der Waals surface area contributed by atoms with Crippen molar-refractivity contribution in [2.75, 3.05) is 0 Å². The van der Waals surface area contributed by atoms with Crippen molar-refractivity contribution in [1.29, 1.82) is 0 Å². The lowest BCUT2D eigenvalue weighted by Gasteiger charge is -2.17. The van der Waals surface area contributed by atoms with Gasteiger partial charge in [0.1, 0.15) is 6.04 Å². The average molecular weight is 332 g/mol. The van der Waals surface area contributed by atoms with E-state index in [0.717, 1.165) is 21.5 Å². The second-order valence-electron chi connectivity index (χ2n) is 5.99. The molecule has 0 bridgehead atoms. The lowest BCUT2D eigenvalue weighted by atomic mass is 9.96. The third-order valence-corrected chi connectivity index (χ3v) is 4.31. The van der Waals surface area contributed by atoms with Crippen LogP contribution < -0.4 is 11.1 Å². The second kappa shape index (κ2) is 7.18. The van der Waals surface area contributed by atoms with Gasteiger partial charge in [0.2, 0.25) is 5.91 Å². The van der Waals surface area contributed by atoms with E-state index in [1.165, 1.54) is 0 Å². The number of fused-ring (bicyclic) bond motifs is 2. The second-order valence-corrected chi connectivity index (χ2v) is 5.99. The number of rotatable bonds is 6. The van der Waals surface area contributed by atoms with Gasteiger partial charge in [-0.15, -0.1) is 6.58 Å². The highest BCUT2D eigenvalue weighted by Gasteiger charge is 2.21. The molecular formula is C21H20N2O2. The van der Waals surface area contributed by atoms with Crippen LogP contribution in [-0.4, -0.2) is 17.9 Å². The number of nitrogens with one attached hydrogen (secondary N) is 1. The van der Waals surface area contributed by atoms with Crippen LogP contribution in [0.1, 0.15) is 23.2 Å². The first-order valence-corrected chi connectivity index (χ1v) is 8.23. The number of hydrogen-bond acceptors (Lipinski definition) is 2. The molecule has 0 saturated heterocycles. The van der Waals surface area contributed by atoms with Gasteiger partial charge in [-0.25, -0.2) is 0 Å². The van der Waals surface area contributed by atoms with Crippen molar-refractivity contribution in [2.45, 2.75) is 18.9 Å². The molecule has 3 aromatic rings. The summed E-state index contributed by atoms with van der Waals surface area (Å²) in [5.74, 6) is -0.833. The number of hydrogen-bond donors (Lipinski definition) is 2. The molecule has 0 aliphatic heterocycles. The molecule has 3 rings (SSSR count). The summed E-state index contributed by atoms with van der Waals surface area (Å²) in [5.41, 5.74) is 6.01. The Morgan fingerprint density at radius 1 is 1.04 bits per heavy atom. The van der Waals surface area contributed by atoms with Crippen LogP contribution >= 0.6 is 0 Å². The van der Waals surface area contributed by atoms with Gasteiger partial charge < -0.3 is 11.1 Å². The van der Waals surface area contributed by atoms with Crippen molar-refractivity contribution in [3.8, 4) is 0 Å². The lowest BCUT2D eigenvalue weighted by Crippen LogP contribution is -2.44. The molecule has 0 heterocycles. The molecular weight excluding hydrogens is 312 g/mol. The molecule has 4 nitrogen and oxygen atoms in total. The van der Waals surface area contributed by atoms with E-state index in [0.29, 0.717) is 18.4 Å². The molecule has 2 amide bonds. The quantitative estimate of drug-likeness (QED) is 0.535. The minimum absolute atomic E-state index is 0.291. The van der Waals surface area contributed by atoms with Gasteiger partial charge in [0.05, 0.1) is 5.56 Å². The molecule has 3 N–H and O–H groups in total. The third-order valence-electron chi connectivity index (χ3n) is 4.31. The molecule has 0 spiro atoms. The highest BCUT2D eigenvalue weighted by atomic mass is 16.2. The highest BCUT2D eigenvalue weighted by molar-refractivity contribution is 6.18. The van der Waals surface area contributed by atoms with Crippen LogP contribution in [0.4, 0.5) is 0 Å². The van der Waals surface area contributed by atoms with E-state index in [1.807, 2.05) is 48.5 Å². The van der Waals surface area contributed by atoms with Crippen molar-refractivity contribution in [2.24, 2.45) is 5.73 Å². The zero-order chi connectivity index (χ0) is 17.8. The summed E-state index contributed by atoms with van der Waals surface area (Å²) in [7, 11) is 0. The molecule has 0 saturated carbocycles. The van der Waals surface area contributed by atoms with Crippen molar-refractivity contribution >= 4 is 33.4 Å². The first-order chi connectivity index (χ1) is 12.1. The van der Waals surface area contributed by atoms with Crippen LogP contribution in [0.25, 0.3) is 21.5 Å². The zero-order valence-electron chi connectivity index (χ0n) is 13.9. The van der Waals surface area contributed by atoms with E-state index >= 15 is 0 Å². The van der Waals surface area contributed by atoms with Crippen LogP contribution in [0.2, 0.25) is 0 Å². The van der Waals surface area contributed by atoms with E-state index in [4.69, 9.17) is 5.73 Å². The summed E-state index contributed by atoms with van der Waals surface area (Å²) in [5, 5.41) is 6.45. The summed E-state index contributed by atoms with van der Waals surface area (Å²) in [6.07, 6.45) is 2.74. The molecule has 0 radical (unpaired) electrons. The SMILES string of the molecule is C=CCC[C@@H](NC(=O)c1c2ccccc2cc2ccccc12)C(N)=O. The van der Waals surface area contributed by atoms with Gasteiger partial charge in [-0.05, 0) is 40.5 Å². The van der Waals surface area contributed by atoms with E-state index in [2.05, 4.69) is 18.0 Å². The third kappa shape index (κ3) is 3.38. The van der Waals surface area contributed by atoms with Crippen molar-refractivity contribution in [3.05, 3.63) is 72.8 Å². The van der Waals surface area contributed by atoms with Crippen LogP contribution in [0, 0.1) is 0 Å². The molecule has 126 valence electrons. The number of amides is 2. The summed E-state index contributed by atoms with van der Waals surface area (Å²) in [4.78, 5) is 24.7. The summed E-state index contributed by atoms with van der Waals surface area (Å²) in [6, 6.07) is 16.8. The lowest BCUT2D eigenvalue weighted by molar-refractivity contribution is -0.119. The van der Waals surface area contributed by atoms with Crippen LogP contribution in [0.5, 0.6) is 0 Å². The fourth-order valence-corrected chi connectivity index (χ4v) is 3.06. The van der Waals surface area contributed by atoms with E-state index < -0.39 is 11.9 Å². The predicted octanol–water partition coefficient (Wildman–Crippen LogP) is 3.54. The minimum Gasteiger partial charge on any atom is -0.368 e. The summed E-state index contributed by atoms with van der Waals surface area (Å²) >= 11 is 0. The van der Waals surface area contributed by atoms with Gasteiger partial charge in [-0.2, -0.15) is 0 Å². The average Bonchev–Trinajstić information content (AvgIpc) is 2.62. The normalized spacial score (nSPS) is 12.0. The monoisotopic (exact) mass is 332 g/mol. The van der Waals surface area contributed by atoms with Crippen LogP contribution in [-0.2, 0) is 4.79 Å². The zero-order valence-corrected chi connectivity index (χ0v) is 13.9. The van der Waals surface area contributed by atoms with Crippen molar-refractivity contribution in [1.82, 2.24) is 5.32 Å². The molecule has 3 aromatic carbocycles. The Labute approximate surface area is 146 Å². The Kier molecular flexibility index (Phi) is 4.80. The molecule has 0 aliphatic rings. The van der Waals surface area contributed by atoms with Gasteiger partial charge >= 0.3 is 0 Å². The first-order valence-electron chi connectivity index (χ1n) is 8.23. The van der Waals surface area contributed by atoms with E-state index in [1.54, 1.807) is 6.08 Å². The molecule has 0 aliphatic carbocycles. The molecule has 4 heteroatoms. The summed E-state index contributed by atoms with van der Waals surface area (Å²) in [6.45, 7) is 3.65. The van der Waals surface area contributed by atoms with Gasteiger partial charge in [0, 0.05) is 0 Å². The highest BCUT2D eigenvalue weighted by Crippen LogP contribution is 2.28. The van der Waals surface area contributed by atoms with Gasteiger partial charge in [0.15, 0.2) is 0 Å². The Morgan fingerprint density at radius 3 is 2.12 bits per heavy atom. The topological polar surface area (TPSA) is 72.2 Å². The molecule has 1 atom stereocenters. The molecule has 0 fully saturated rings. The smallest absolute Gasteiger partial charge is 0.253 e. The Balaban J connectivity index is 2.10. The standard InChI is InChI=1S/C21H20N2O2/c1-2-3-12-18(20(22)24)23-21(25)19-16-10-6-4-8-14(16)13-15-9-5-7-11-17(15)19/h2,4-11,13,18H,1,3,12H2,(H2,22,24)(H,23,25)/t18-/m1/s1. The van der Waals surface area contributed by atoms with Crippen molar-refractivity contribution < 1.29 is 9.59 Å². The van der Waals surface area contributed by atoms with Gasteiger partial charge in [0.25, 0.3) is 5.91 Å². The Hall–Kier alpha value is -3.14. The predicted molar refractivity (Wildman–Crippen MR) is 101 cm³/mol. The first kappa shape index (κ1) is 16.7. The Morgan fingerprint density at radius 2 is 1.60 bits per heavy atom. The van der Waals surface area contributed by atoms with Gasteiger partial charge in [-0.1, -0.05) is 54.6 Å². The number of carbonyl (C=O) groups is 2. The Bertz CT molecular complexity index is 908.